The predicted octanol–water partition coefficient (Wildman–Crippen LogP) is 1.37. The molecule has 0 unspecified atom stereocenters. The number of amides is 1. The molecule has 0 spiro atoms. The van der Waals surface area contributed by atoms with E-state index in [1.165, 1.54) is 7.11 Å². The standard InChI is InChI=1S/C14H21N3O3/c1-5-12-11(9-10(2)15-16-12)14(19)17(3)8-6-7-13(18)20-4/h9H,5-8H2,1-4H3. The third-order valence-electron chi connectivity index (χ3n) is 3.01. The van der Waals surface area contributed by atoms with Gasteiger partial charge in [-0.05, 0) is 25.8 Å². The topological polar surface area (TPSA) is 72.4 Å². The Morgan fingerprint density at radius 2 is 2.05 bits per heavy atom. The van der Waals surface area contributed by atoms with Crippen LogP contribution in [0.1, 0.15) is 41.5 Å². The maximum atomic E-state index is 12.4. The Hall–Kier alpha value is -1.98. The molecule has 1 aromatic rings. The maximum absolute atomic E-state index is 12.4. The number of nitrogens with zero attached hydrogens (tertiary/aromatic N) is 3. The molecule has 0 N–H and O–H groups in total. The Balaban J connectivity index is 2.69. The summed E-state index contributed by atoms with van der Waals surface area (Å²) in [5.41, 5.74) is 1.99. The molecule has 110 valence electrons. The zero-order valence-electron chi connectivity index (χ0n) is 12.5. The van der Waals surface area contributed by atoms with Gasteiger partial charge in [0.1, 0.15) is 0 Å². The maximum Gasteiger partial charge on any atom is 0.305 e. The van der Waals surface area contributed by atoms with Gasteiger partial charge in [-0.3, -0.25) is 9.59 Å². The van der Waals surface area contributed by atoms with Crippen LogP contribution in [0.25, 0.3) is 0 Å². The van der Waals surface area contributed by atoms with Crippen LogP contribution >= 0.6 is 0 Å². The molecule has 1 rings (SSSR count). The highest BCUT2D eigenvalue weighted by Crippen LogP contribution is 2.11. The Morgan fingerprint density at radius 3 is 2.65 bits per heavy atom. The molecule has 1 aromatic heterocycles. The van der Waals surface area contributed by atoms with Gasteiger partial charge in [-0.2, -0.15) is 10.2 Å². The lowest BCUT2D eigenvalue weighted by atomic mass is 10.1. The minimum absolute atomic E-state index is 0.0929. The van der Waals surface area contributed by atoms with Gasteiger partial charge in [0.25, 0.3) is 5.91 Å². The SMILES string of the molecule is CCc1nnc(C)cc1C(=O)N(C)CCCC(=O)OC. The van der Waals surface area contributed by atoms with Crippen LogP contribution in [0.5, 0.6) is 0 Å². The Bertz CT molecular complexity index is 489. The number of hydrogen-bond donors (Lipinski definition) is 0. The second kappa shape index (κ2) is 7.57. The second-order valence-corrected chi connectivity index (χ2v) is 4.61. The fourth-order valence-electron chi connectivity index (χ4n) is 1.83. The van der Waals surface area contributed by atoms with E-state index >= 15 is 0 Å². The highest BCUT2D eigenvalue weighted by Gasteiger charge is 2.17. The minimum Gasteiger partial charge on any atom is -0.469 e. The monoisotopic (exact) mass is 279 g/mol. The smallest absolute Gasteiger partial charge is 0.305 e. The Kier molecular flexibility index (Phi) is 6.09. The molecule has 0 bridgehead atoms. The molecule has 1 heterocycles. The van der Waals surface area contributed by atoms with Gasteiger partial charge in [-0.25, -0.2) is 0 Å². The van der Waals surface area contributed by atoms with Crippen molar-refractivity contribution in [3.05, 3.63) is 23.0 Å². The zero-order valence-corrected chi connectivity index (χ0v) is 12.5. The highest BCUT2D eigenvalue weighted by atomic mass is 16.5. The lowest BCUT2D eigenvalue weighted by molar-refractivity contribution is -0.140. The third kappa shape index (κ3) is 4.29. The Morgan fingerprint density at radius 1 is 1.35 bits per heavy atom. The van der Waals surface area contributed by atoms with Gasteiger partial charge < -0.3 is 9.64 Å². The van der Waals surface area contributed by atoms with E-state index < -0.39 is 0 Å². The van der Waals surface area contributed by atoms with Crippen LogP contribution < -0.4 is 0 Å². The van der Waals surface area contributed by atoms with Gasteiger partial charge in [-0.1, -0.05) is 6.92 Å². The van der Waals surface area contributed by atoms with Crippen molar-refractivity contribution in [1.82, 2.24) is 15.1 Å². The van der Waals surface area contributed by atoms with Crippen molar-refractivity contribution in [1.29, 1.82) is 0 Å². The number of ether oxygens (including phenoxy) is 1. The molecule has 0 radical (unpaired) electrons. The largest absolute Gasteiger partial charge is 0.469 e. The first kappa shape index (κ1) is 16.1. The lowest BCUT2D eigenvalue weighted by Crippen LogP contribution is -2.29. The van der Waals surface area contributed by atoms with Crippen molar-refractivity contribution in [3.8, 4) is 0 Å². The zero-order chi connectivity index (χ0) is 15.1. The van der Waals surface area contributed by atoms with E-state index in [-0.39, 0.29) is 11.9 Å². The van der Waals surface area contributed by atoms with E-state index in [4.69, 9.17) is 0 Å². The van der Waals surface area contributed by atoms with Crippen LogP contribution in [-0.2, 0) is 16.0 Å². The van der Waals surface area contributed by atoms with E-state index in [0.717, 1.165) is 0 Å². The van der Waals surface area contributed by atoms with Gasteiger partial charge in [0, 0.05) is 20.0 Å². The average molecular weight is 279 g/mol. The molecule has 0 aliphatic carbocycles. The fraction of sp³-hybridized carbons (Fsp3) is 0.571. The van der Waals surface area contributed by atoms with E-state index in [9.17, 15) is 9.59 Å². The summed E-state index contributed by atoms with van der Waals surface area (Å²) in [6.45, 7) is 4.24. The van der Waals surface area contributed by atoms with Crippen LogP contribution in [0.3, 0.4) is 0 Å². The molecular weight excluding hydrogens is 258 g/mol. The van der Waals surface area contributed by atoms with Gasteiger partial charge in [0.2, 0.25) is 0 Å². The van der Waals surface area contributed by atoms with E-state index in [0.29, 0.717) is 42.8 Å². The number of aromatic nitrogens is 2. The van der Waals surface area contributed by atoms with Gasteiger partial charge in [0.05, 0.1) is 24.1 Å². The van der Waals surface area contributed by atoms with Crippen LogP contribution in [0.2, 0.25) is 0 Å². The molecule has 0 aromatic carbocycles. The van der Waals surface area contributed by atoms with Crippen molar-refractivity contribution in [2.75, 3.05) is 20.7 Å². The van der Waals surface area contributed by atoms with Crippen molar-refractivity contribution in [3.63, 3.8) is 0 Å². The first-order valence-electron chi connectivity index (χ1n) is 6.65. The normalized spacial score (nSPS) is 10.2. The minimum atomic E-state index is -0.262. The number of carbonyl (C=O) groups is 2. The molecule has 0 aliphatic rings. The quantitative estimate of drug-likeness (QED) is 0.735. The third-order valence-corrected chi connectivity index (χ3v) is 3.01. The number of methoxy groups -OCH3 is 1. The average Bonchev–Trinajstić information content (AvgIpc) is 2.45. The summed E-state index contributed by atoms with van der Waals surface area (Å²) in [6.07, 6.45) is 1.54. The molecule has 0 aliphatic heterocycles. The summed E-state index contributed by atoms with van der Waals surface area (Å²) < 4.78 is 4.57. The van der Waals surface area contributed by atoms with Crippen LogP contribution in [0, 0.1) is 6.92 Å². The molecule has 0 atom stereocenters. The molecular formula is C14H21N3O3. The summed E-state index contributed by atoms with van der Waals surface area (Å²) in [7, 11) is 3.07. The van der Waals surface area contributed by atoms with Crippen LogP contribution in [0.4, 0.5) is 0 Å². The summed E-state index contributed by atoms with van der Waals surface area (Å²) in [4.78, 5) is 25.0. The first-order chi connectivity index (χ1) is 9.49. The lowest BCUT2D eigenvalue weighted by Gasteiger charge is -2.18. The summed E-state index contributed by atoms with van der Waals surface area (Å²) >= 11 is 0. The number of hydrogen-bond acceptors (Lipinski definition) is 5. The molecule has 0 fully saturated rings. The van der Waals surface area contributed by atoms with E-state index in [2.05, 4.69) is 14.9 Å². The molecule has 0 saturated heterocycles. The number of rotatable bonds is 6. The number of aryl methyl sites for hydroxylation is 2. The molecule has 6 nitrogen and oxygen atoms in total. The number of esters is 1. The second-order valence-electron chi connectivity index (χ2n) is 4.61. The van der Waals surface area contributed by atoms with Crippen molar-refractivity contribution < 1.29 is 14.3 Å². The van der Waals surface area contributed by atoms with Crippen LogP contribution in [-0.4, -0.2) is 47.7 Å². The summed E-state index contributed by atoms with van der Waals surface area (Å²) in [6, 6.07) is 1.75. The molecule has 0 saturated carbocycles. The molecule has 20 heavy (non-hydrogen) atoms. The van der Waals surface area contributed by atoms with Crippen LogP contribution in [0.15, 0.2) is 6.07 Å². The summed E-state index contributed by atoms with van der Waals surface area (Å²) in [5.74, 6) is -0.355. The molecule has 1 amide bonds. The highest BCUT2D eigenvalue weighted by molar-refractivity contribution is 5.95. The van der Waals surface area contributed by atoms with Gasteiger partial charge in [-0.15, -0.1) is 0 Å². The van der Waals surface area contributed by atoms with E-state index in [1.807, 2.05) is 6.92 Å². The van der Waals surface area contributed by atoms with Gasteiger partial charge in [0.15, 0.2) is 0 Å². The molecule has 6 heteroatoms. The number of carbonyl (C=O) groups excluding carboxylic acids is 2. The van der Waals surface area contributed by atoms with E-state index in [1.54, 1.807) is 24.9 Å². The predicted molar refractivity (Wildman–Crippen MR) is 74.4 cm³/mol. The van der Waals surface area contributed by atoms with Crippen molar-refractivity contribution in [2.24, 2.45) is 0 Å². The van der Waals surface area contributed by atoms with Gasteiger partial charge >= 0.3 is 5.97 Å². The Labute approximate surface area is 119 Å². The van der Waals surface area contributed by atoms with Crippen molar-refractivity contribution >= 4 is 11.9 Å². The first-order valence-corrected chi connectivity index (χ1v) is 6.65. The fourth-order valence-corrected chi connectivity index (χ4v) is 1.83. The summed E-state index contributed by atoms with van der Waals surface area (Å²) in [5, 5.41) is 8.02. The van der Waals surface area contributed by atoms with Crippen molar-refractivity contribution in [2.45, 2.75) is 33.1 Å².